The molecule has 0 aromatic carbocycles. The highest BCUT2D eigenvalue weighted by atomic mass is 16.5. The quantitative estimate of drug-likeness (QED) is 0.652. The van der Waals surface area contributed by atoms with Gasteiger partial charge < -0.3 is 10.5 Å². The molecule has 0 unspecified atom stereocenters. The van der Waals surface area contributed by atoms with Crippen molar-refractivity contribution < 1.29 is 4.74 Å². The minimum Gasteiger partial charge on any atom is -0.380 e. The van der Waals surface area contributed by atoms with Gasteiger partial charge in [0.05, 0.1) is 6.61 Å². The minimum atomic E-state index is 0.0603. The monoisotopic (exact) mass is 200 g/mol. The van der Waals surface area contributed by atoms with Crippen molar-refractivity contribution in [1.82, 2.24) is 4.90 Å². The van der Waals surface area contributed by atoms with Gasteiger partial charge in [-0.15, -0.1) is 0 Å². The molecule has 0 atom stereocenters. The van der Waals surface area contributed by atoms with Crippen LogP contribution in [0, 0.1) is 5.92 Å². The zero-order valence-electron chi connectivity index (χ0n) is 9.75. The Balaban J connectivity index is 2.04. The summed E-state index contributed by atoms with van der Waals surface area (Å²) in [5.41, 5.74) is 6.24. The smallest absolute Gasteiger partial charge is 0.0593 e. The standard InChI is InChI=1S/C11H24N2O/c1-4-6-14-7-5-13-8-11(12,9-13)10(2)3/h10H,4-9,12H2,1-3H3. The maximum Gasteiger partial charge on any atom is 0.0593 e. The lowest BCUT2D eigenvalue weighted by Gasteiger charge is -2.50. The molecule has 0 amide bonds. The first-order valence-electron chi connectivity index (χ1n) is 5.67. The maximum atomic E-state index is 6.18. The summed E-state index contributed by atoms with van der Waals surface area (Å²) < 4.78 is 5.44. The third kappa shape index (κ3) is 2.94. The highest BCUT2D eigenvalue weighted by Crippen LogP contribution is 2.25. The summed E-state index contributed by atoms with van der Waals surface area (Å²) in [6.45, 7) is 11.4. The second kappa shape index (κ2) is 5.10. The van der Waals surface area contributed by atoms with E-state index in [1.165, 1.54) is 0 Å². The van der Waals surface area contributed by atoms with Crippen LogP contribution in [0.25, 0.3) is 0 Å². The molecule has 0 spiro atoms. The van der Waals surface area contributed by atoms with Gasteiger partial charge in [0.2, 0.25) is 0 Å². The molecule has 1 aliphatic heterocycles. The molecule has 1 aliphatic rings. The number of nitrogens with zero attached hydrogens (tertiary/aromatic N) is 1. The Morgan fingerprint density at radius 2 is 2.00 bits per heavy atom. The number of hydrogen-bond acceptors (Lipinski definition) is 3. The topological polar surface area (TPSA) is 38.5 Å². The van der Waals surface area contributed by atoms with Crippen LogP contribution in [-0.4, -0.2) is 43.3 Å². The Labute approximate surface area is 87.6 Å². The summed E-state index contributed by atoms with van der Waals surface area (Å²) in [5, 5.41) is 0. The van der Waals surface area contributed by atoms with Crippen molar-refractivity contribution in [2.75, 3.05) is 32.8 Å². The molecule has 1 saturated heterocycles. The second-order valence-corrected chi connectivity index (χ2v) is 4.71. The summed E-state index contributed by atoms with van der Waals surface area (Å²) in [7, 11) is 0. The van der Waals surface area contributed by atoms with E-state index in [0.717, 1.165) is 39.3 Å². The Bertz CT molecular complexity index is 165. The Morgan fingerprint density at radius 1 is 1.36 bits per heavy atom. The van der Waals surface area contributed by atoms with E-state index in [1.54, 1.807) is 0 Å². The number of nitrogens with two attached hydrogens (primary N) is 1. The normalized spacial score (nSPS) is 21.2. The average molecular weight is 200 g/mol. The van der Waals surface area contributed by atoms with E-state index >= 15 is 0 Å². The zero-order chi connectivity index (χ0) is 10.6. The highest BCUT2D eigenvalue weighted by Gasteiger charge is 2.41. The van der Waals surface area contributed by atoms with Gasteiger partial charge in [0.15, 0.2) is 0 Å². The molecule has 1 rings (SSSR count). The van der Waals surface area contributed by atoms with Crippen LogP contribution < -0.4 is 5.73 Å². The molecule has 3 nitrogen and oxygen atoms in total. The van der Waals surface area contributed by atoms with Gasteiger partial charge in [-0.25, -0.2) is 0 Å². The molecular formula is C11H24N2O. The Kier molecular flexibility index (Phi) is 4.35. The molecule has 14 heavy (non-hydrogen) atoms. The van der Waals surface area contributed by atoms with E-state index in [2.05, 4.69) is 25.7 Å². The van der Waals surface area contributed by atoms with Crippen molar-refractivity contribution >= 4 is 0 Å². The van der Waals surface area contributed by atoms with Crippen LogP contribution >= 0.6 is 0 Å². The maximum absolute atomic E-state index is 6.18. The first-order valence-corrected chi connectivity index (χ1v) is 5.67. The van der Waals surface area contributed by atoms with Gasteiger partial charge in [-0.3, -0.25) is 4.90 Å². The molecular weight excluding hydrogens is 176 g/mol. The molecule has 0 aromatic heterocycles. The van der Waals surface area contributed by atoms with Crippen molar-refractivity contribution in [2.45, 2.75) is 32.7 Å². The predicted molar refractivity (Wildman–Crippen MR) is 59.3 cm³/mol. The Hall–Kier alpha value is -0.120. The lowest BCUT2D eigenvalue weighted by molar-refractivity contribution is 0.0108. The summed E-state index contributed by atoms with van der Waals surface area (Å²) in [5.74, 6) is 0.579. The molecule has 0 aliphatic carbocycles. The average Bonchev–Trinajstić information content (AvgIpc) is 2.08. The Morgan fingerprint density at radius 3 is 2.50 bits per heavy atom. The number of hydrogen-bond donors (Lipinski definition) is 1. The first-order chi connectivity index (χ1) is 6.58. The lowest BCUT2D eigenvalue weighted by Crippen LogP contribution is -2.70. The summed E-state index contributed by atoms with van der Waals surface area (Å²) >= 11 is 0. The predicted octanol–water partition coefficient (Wildman–Crippen LogP) is 1.08. The van der Waals surface area contributed by atoms with Crippen LogP contribution in [0.1, 0.15) is 27.2 Å². The van der Waals surface area contributed by atoms with Gasteiger partial charge in [-0.2, -0.15) is 0 Å². The van der Waals surface area contributed by atoms with Crippen LogP contribution in [0.4, 0.5) is 0 Å². The molecule has 84 valence electrons. The van der Waals surface area contributed by atoms with Gasteiger partial charge in [0, 0.05) is 31.8 Å². The zero-order valence-corrected chi connectivity index (χ0v) is 9.75. The fraction of sp³-hybridized carbons (Fsp3) is 1.00. The summed E-state index contributed by atoms with van der Waals surface area (Å²) in [4.78, 5) is 2.37. The van der Waals surface area contributed by atoms with Crippen molar-refractivity contribution in [2.24, 2.45) is 11.7 Å². The van der Waals surface area contributed by atoms with E-state index in [4.69, 9.17) is 10.5 Å². The number of ether oxygens (including phenoxy) is 1. The van der Waals surface area contributed by atoms with Crippen LogP contribution in [0.2, 0.25) is 0 Å². The fourth-order valence-corrected chi connectivity index (χ4v) is 1.75. The third-order valence-corrected chi connectivity index (χ3v) is 3.09. The van der Waals surface area contributed by atoms with E-state index < -0.39 is 0 Å². The molecule has 1 fully saturated rings. The molecule has 1 heterocycles. The van der Waals surface area contributed by atoms with Crippen LogP contribution in [0.3, 0.4) is 0 Å². The molecule has 2 N–H and O–H groups in total. The lowest BCUT2D eigenvalue weighted by atomic mass is 9.80. The van der Waals surface area contributed by atoms with Crippen molar-refractivity contribution in [3.8, 4) is 0 Å². The van der Waals surface area contributed by atoms with Gasteiger partial charge in [-0.1, -0.05) is 20.8 Å². The largest absolute Gasteiger partial charge is 0.380 e. The van der Waals surface area contributed by atoms with Crippen molar-refractivity contribution in [3.63, 3.8) is 0 Å². The van der Waals surface area contributed by atoms with E-state index in [1.807, 2.05) is 0 Å². The van der Waals surface area contributed by atoms with Gasteiger partial charge >= 0.3 is 0 Å². The van der Waals surface area contributed by atoms with Gasteiger partial charge in [-0.05, 0) is 12.3 Å². The second-order valence-electron chi connectivity index (χ2n) is 4.71. The number of rotatable bonds is 6. The molecule has 0 saturated carbocycles. The van der Waals surface area contributed by atoms with Crippen molar-refractivity contribution in [1.29, 1.82) is 0 Å². The van der Waals surface area contributed by atoms with Gasteiger partial charge in [0.1, 0.15) is 0 Å². The third-order valence-electron chi connectivity index (χ3n) is 3.09. The van der Waals surface area contributed by atoms with Gasteiger partial charge in [0.25, 0.3) is 0 Å². The van der Waals surface area contributed by atoms with Crippen molar-refractivity contribution in [3.05, 3.63) is 0 Å². The highest BCUT2D eigenvalue weighted by molar-refractivity contribution is 5.01. The molecule has 0 radical (unpaired) electrons. The first kappa shape index (κ1) is 12.0. The minimum absolute atomic E-state index is 0.0603. The van der Waals surface area contributed by atoms with E-state index in [9.17, 15) is 0 Å². The fourth-order valence-electron chi connectivity index (χ4n) is 1.75. The SMILES string of the molecule is CCCOCCN1CC(N)(C(C)C)C1. The summed E-state index contributed by atoms with van der Waals surface area (Å²) in [6, 6.07) is 0. The van der Waals surface area contributed by atoms with E-state index in [0.29, 0.717) is 5.92 Å². The molecule has 0 bridgehead atoms. The van der Waals surface area contributed by atoms with Crippen LogP contribution in [0.5, 0.6) is 0 Å². The summed E-state index contributed by atoms with van der Waals surface area (Å²) in [6.07, 6.45) is 1.10. The number of likely N-dealkylation sites (tertiary alicyclic amines) is 1. The molecule has 3 heteroatoms. The molecule has 0 aromatic rings. The van der Waals surface area contributed by atoms with E-state index in [-0.39, 0.29) is 5.54 Å². The van der Waals surface area contributed by atoms with Crippen LogP contribution in [0.15, 0.2) is 0 Å². The van der Waals surface area contributed by atoms with Crippen LogP contribution in [-0.2, 0) is 4.74 Å².